The molecule has 0 aliphatic carbocycles. The standard InChI is InChI=1S/C14H17N3O/c1-3-8-15-10-11(18)9-14-16-12-6-4-5-7-13(12)17(14)2/h3-7,15H,1,8-10H2,2H3. The second kappa shape index (κ2) is 5.60. The van der Waals surface area contributed by atoms with E-state index in [2.05, 4.69) is 16.9 Å². The van der Waals surface area contributed by atoms with Gasteiger partial charge in [0.2, 0.25) is 0 Å². The molecule has 0 bridgehead atoms. The number of fused-ring (bicyclic) bond motifs is 1. The van der Waals surface area contributed by atoms with Crippen LogP contribution in [0.25, 0.3) is 11.0 Å². The van der Waals surface area contributed by atoms with Crippen molar-refractivity contribution in [3.05, 3.63) is 42.7 Å². The first-order valence-corrected chi connectivity index (χ1v) is 5.96. The molecule has 1 aromatic heterocycles. The van der Waals surface area contributed by atoms with Gasteiger partial charge in [0.15, 0.2) is 5.78 Å². The van der Waals surface area contributed by atoms with Crippen LogP contribution in [0.1, 0.15) is 5.82 Å². The summed E-state index contributed by atoms with van der Waals surface area (Å²) in [5.41, 5.74) is 1.99. The molecule has 0 aliphatic rings. The van der Waals surface area contributed by atoms with Crippen molar-refractivity contribution < 1.29 is 4.79 Å². The molecule has 2 aromatic rings. The Labute approximate surface area is 106 Å². The second-order valence-corrected chi connectivity index (χ2v) is 4.21. The van der Waals surface area contributed by atoms with Crippen LogP contribution in [0.15, 0.2) is 36.9 Å². The van der Waals surface area contributed by atoms with Gasteiger partial charge < -0.3 is 9.88 Å². The predicted molar refractivity (Wildman–Crippen MR) is 72.5 cm³/mol. The second-order valence-electron chi connectivity index (χ2n) is 4.21. The van der Waals surface area contributed by atoms with Gasteiger partial charge in [0.1, 0.15) is 5.82 Å². The van der Waals surface area contributed by atoms with Crippen molar-refractivity contribution in [1.82, 2.24) is 14.9 Å². The van der Waals surface area contributed by atoms with Crippen molar-refractivity contribution in [3.8, 4) is 0 Å². The van der Waals surface area contributed by atoms with Gasteiger partial charge in [-0.1, -0.05) is 18.2 Å². The lowest BCUT2D eigenvalue weighted by atomic mass is 10.2. The molecular formula is C14H17N3O. The van der Waals surface area contributed by atoms with E-state index in [-0.39, 0.29) is 5.78 Å². The number of nitrogens with zero attached hydrogens (tertiary/aromatic N) is 2. The molecule has 18 heavy (non-hydrogen) atoms. The molecule has 0 unspecified atom stereocenters. The van der Waals surface area contributed by atoms with E-state index < -0.39 is 0 Å². The van der Waals surface area contributed by atoms with Gasteiger partial charge in [0, 0.05) is 13.6 Å². The molecule has 94 valence electrons. The number of benzene rings is 1. The van der Waals surface area contributed by atoms with E-state index in [1.54, 1.807) is 6.08 Å². The molecule has 0 spiro atoms. The minimum atomic E-state index is 0.134. The van der Waals surface area contributed by atoms with Crippen LogP contribution in [-0.2, 0) is 18.3 Å². The van der Waals surface area contributed by atoms with Gasteiger partial charge in [-0.05, 0) is 12.1 Å². The number of rotatable bonds is 6. The zero-order chi connectivity index (χ0) is 13.0. The molecule has 0 fully saturated rings. The topological polar surface area (TPSA) is 46.9 Å². The lowest BCUT2D eigenvalue weighted by Crippen LogP contribution is -2.25. The van der Waals surface area contributed by atoms with Gasteiger partial charge in [-0.25, -0.2) is 4.98 Å². The van der Waals surface area contributed by atoms with Crippen LogP contribution in [0.2, 0.25) is 0 Å². The molecule has 2 rings (SSSR count). The number of carbonyl (C=O) groups excluding carboxylic acids is 1. The fraction of sp³-hybridized carbons (Fsp3) is 0.286. The lowest BCUT2D eigenvalue weighted by molar-refractivity contribution is -0.117. The number of imidazole rings is 1. The maximum Gasteiger partial charge on any atom is 0.154 e. The molecule has 1 N–H and O–H groups in total. The van der Waals surface area contributed by atoms with Gasteiger partial charge in [-0.2, -0.15) is 0 Å². The molecule has 4 heteroatoms. The van der Waals surface area contributed by atoms with Gasteiger partial charge in [-0.3, -0.25) is 4.79 Å². The summed E-state index contributed by atoms with van der Waals surface area (Å²) in [6.07, 6.45) is 2.09. The summed E-state index contributed by atoms with van der Waals surface area (Å²) in [5.74, 6) is 0.942. The Bertz CT molecular complexity index is 571. The SMILES string of the molecule is C=CCNCC(=O)Cc1nc2ccccc2n1C. The van der Waals surface area contributed by atoms with Gasteiger partial charge in [0.05, 0.1) is 24.0 Å². The Morgan fingerprint density at radius 3 is 3.00 bits per heavy atom. The first kappa shape index (κ1) is 12.5. The third-order valence-electron chi connectivity index (χ3n) is 2.85. The van der Waals surface area contributed by atoms with E-state index in [9.17, 15) is 4.79 Å². The average molecular weight is 243 g/mol. The van der Waals surface area contributed by atoms with E-state index in [0.717, 1.165) is 16.9 Å². The van der Waals surface area contributed by atoms with Crippen molar-refractivity contribution in [2.24, 2.45) is 7.05 Å². The smallest absolute Gasteiger partial charge is 0.154 e. The van der Waals surface area contributed by atoms with E-state index >= 15 is 0 Å². The van der Waals surface area contributed by atoms with Crippen LogP contribution in [0.5, 0.6) is 0 Å². The van der Waals surface area contributed by atoms with Crippen molar-refractivity contribution in [3.63, 3.8) is 0 Å². The summed E-state index contributed by atoms with van der Waals surface area (Å²) < 4.78 is 1.97. The summed E-state index contributed by atoms with van der Waals surface area (Å²) >= 11 is 0. The number of ketones is 1. The van der Waals surface area contributed by atoms with Crippen LogP contribution in [0.3, 0.4) is 0 Å². The first-order valence-electron chi connectivity index (χ1n) is 5.96. The molecule has 1 aromatic carbocycles. The Hall–Kier alpha value is -1.94. The van der Waals surface area contributed by atoms with Crippen LogP contribution < -0.4 is 5.32 Å². The number of Topliss-reactive ketones (excluding diaryl/α,β-unsaturated/α-hetero) is 1. The van der Waals surface area contributed by atoms with Crippen molar-refractivity contribution >= 4 is 16.8 Å². The van der Waals surface area contributed by atoms with E-state index in [1.165, 1.54) is 0 Å². The quantitative estimate of drug-likeness (QED) is 0.617. The Morgan fingerprint density at radius 2 is 2.28 bits per heavy atom. The number of aryl methyl sites for hydroxylation is 1. The van der Waals surface area contributed by atoms with Crippen LogP contribution in [0.4, 0.5) is 0 Å². The van der Waals surface area contributed by atoms with Crippen LogP contribution in [-0.4, -0.2) is 28.4 Å². The number of hydrogen-bond acceptors (Lipinski definition) is 3. The number of aromatic nitrogens is 2. The average Bonchev–Trinajstić information content (AvgIpc) is 2.67. The molecule has 0 saturated heterocycles. The molecule has 0 amide bonds. The van der Waals surface area contributed by atoms with Crippen molar-refractivity contribution in [1.29, 1.82) is 0 Å². The van der Waals surface area contributed by atoms with Crippen molar-refractivity contribution in [2.75, 3.05) is 13.1 Å². The Kier molecular flexibility index (Phi) is 3.89. The fourth-order valence-corrected chi connectivity index (χ4v) is 1.91. The summed E-state index contributed by atoms with van der Waals surface area (Å²) in [6.45, 7) is 4.60. The lowest BCUT2D eigenvalue weighted by Gasteiger charge is -2.02. The van der Waals surface area contributed by atoms with E-state index in [1.807, 2.05) is 35.9 Å². The summed E-state index contributed by atoms with van der Waals surface area (Å²) in [7, 11) is 1.94. The van der Waals surface area contributed by atoms with E-state index in [4.69, 9.17) is 0 Å². The number of carbonyl (C=O) groups is 1. The summed E-state index contributed by atoms with van der Waals surface area (Å²) in [5, 5.41) is 3.00. The van der Waals surface area contributed by atoms with Gasteiger partial charge in [-0.15, -0.1) is 6.58 Å². The number of nitrogens with one attached hydrogen (secondary N) is 1. The summed E-state index contributed by atoms with van der Waals surface area (Å²) in [4.78, 5) is 16.2. The minimum absolute atomic E-state index is 0.134. The molecule has 0 saturated carbocycles. The molecular weight excluding hydrogens is 226 g/mol. The highest BCUT2D eigenvalue weighted by atomic mass is 16.1. The highest BCUT2D eigenvalue weighted by Gasteiger charge is 2.10. The zero-order valence-electron chi connectivity index (χ0n) is 10.5. The largest absolute Gasteiger partial charge is 0.331 e. The van der Waals surface area contributed by atoms with E-state index in [0.29, 0.717) is 19.5 Å². The highest BCUT2D eigenvalue weighted by Crippen LogP contribution is 2.14. The molecule has 1 heterocycles. The van der Waals surface area contributed by atoms with Crippen LogP contribution >= 0.6 is 0 Å². The maximum absolute atomic E-state index is 11.8. The maximum atomic E-state index is 11.8. The molecule has 0 atom stereocenters. The fourth-order valence-electron chi connectivity index (χ4n) is 1.91. The Balaban J connectivity index is 2.09. The number of hydrogen-bond donors (Lipinski definition) is 1. The monoisotopic (exact) mass is 243 g/mol. The van der Waals surface area contributed by atoms with Crippen LogP contribution in [0, 0.1) is 0 Å². The van der Waals surface area contributed by atoms with Gasteiger partial charge >= 0.3 is 0 Å². The zero-order valence-corrected chi connectivity index (χ0v) is 10.5. The molecule has 0 aliphatic heterocycles. The third-order valence-corrected chi connectivity index (χ3v) is 2.85. The third kappa shape index (κ3) is 2.65. The molecule has 0 radical (unpaired) electrons. The first-order chi connectivity index (χ1) is 8.72. The van der Waals surface area contributed by atoms with Crippen molar-refractivity contribution in [2.45, 2.75) is 6.42 Å². The normalized spacial score (nSPS) is 10.7. The number of para-hydroxylation sites is 2. The Morgan fingerprint density at radius 1 is 1.50 bits per heavy atom. The minimum Gasteiger partial charge on any atom is -0.331 e. The molecule has 4 nitrogen and oxygen atoms in total. The van der Waals surface area contributed by atoms with Gasteiger partial charge in [0.25, 0.3) is 0 Å². The highest BCUT2D eigenvalue weighted by molar-refractivity contribution is 5.84. The predicted octanol–water partition coefficient (Wildman–Crippen LogP) is 1.46. The summed E-state index contributed by atoms with van der Waals surface area (Å²) in [6, 6.07) is 7.89.